The van der Waals surface area contributed by atoms with Gasteiger partial charge in [0.05, 0.1) is 6.10 Å². The van der Waals surface area contributed by atoms with Crippen molar-refractivity contribution in [1.82, 2.24) is 15.2 Å². The smallest absolute Gasteiger partial charge is 0.269 e. The van der Waals surface area contributed by atoms with E-state index in [-0.39, 0.29) is 5.91 Å². The van der Waals surface area contributed by atoms with Crippen LogP contribution in [0.5, 0.6) is 0 Å². The second-order valence-electron chi connectivity index (χ2n) is 6.36. The van der Waals surface area contributed by atoms with Crippen molar-refractivity contribution in [3.05, 3.63) is 23.5 Å². The fraction of sp³-hybridized carbons (Fsp3) is 0.688. The molecule has 1 aliphatic rings. The van der Waals surface area contributed by atoms with Gasteiger partial charge in [0.1, 0.15) is 5.69 Å². The average Bonchev–Trinajstić information content (AvgIpc) is 3.06. The number of hydrogen-bond acceptors (Lipinski definition) is 3. The van der Waals surface area contributed by atoms with Gasteiger partial charge in [0, 0.05) is 39.5 Å². The van der Waals surface area contributed by atoms with E-state index in [4.69, 9.17) is 4.74 Å². The molecule has 118 valence electrons. The van der Waals surface area contributed by atoms with Crippen LogP contribution in [0.1, 0.15) is 36.5 Å². The summed E-state index contributed by atoms with van der Waals surface area (Å²) in [6, 6.07) is 3.81. The van der Waals surface area contributed by atoms with E-state index in [1.807, 2.05) is 12.1 Å². The second-order valence-corrected chi connectivity index (χ2v) is 6.36. The number of nitrogens with zero attached hydrogens (tertiary/aromatic N) is 1. The van der Waals surface area contributed by atoms with Gasteiger partial charge in [-0.05, 0) is 30.4 Å². The highest BCUT2D eigenvalue weighted by molar-refractivity contribution is 5.92. The minimum Gasteiger partial charge on any atom is -0.378 e. The van der Waals surface area contributed by atoms with Crippen LogP contribution in [0.4, 0.5) is 0 Å². The largest absolute Gasteiger partial charge is 0.378 e. The van der Waals surface area contributed by atoms with Gasteiger partial charge in [0.2, 0.25) is 0 Å². The first-order valence-electron chi connectivity index (χ1n) is 7.71. The Labute approximate surface area is 127 Å². The summed E-state index contributed by atoms with van der Waals surface area (Å²) >= 11 is 0. The molecule has 1 aromatic rings. The summed E-state index contributed by atoms with van der Waals surface area (Å²) in [6.45, 7) is 7.01. The maximum Gasteiger partial charge on any atom is 0.269 e. The zero-order chi connectivity index (χ0) is 15.4. The number of carbonyl (C=O) groups is 1. The molecule has 1 fully saturated rings. The zero-order valence-electron chi connectivity index (χ0n) is 13.5. The van der Waals surface area contributed by atoms with Gasteiger partial charge in [0.25, 0.3) is 5.91 Å². The average molecular weight is 293 g/mol. The molecule has 0 aromatic carbocycles. The molecule has 0 aliphatic carbocycles. The summed E-state index contributed by atoms with van der Waals surface area (Å²) in [7, 11) is 3.51. The van der Waals surface area contributed by atoms with Crippen LogP contribution < -0.4 is 5.32 Å². The first-order valence-corrected chi connectivity index (χ1v) is 7.71. The van der Waals surface area contributed by atoms with E-state index < -0.39 is 0 Å². The number of carbonyl (C=O) groups excluding carboxylic acids is 1. The number of H-pyrrole nitrogens is 1. The first-order chi connectivity index (χ1) is 9.99. The molecule has 5 nitrogen and oxygen atoms in total. The Hall–Kier alpha value is -1.33. The highest BCUT2D eigenvalue weighted by Crippen LogP contribution is 2.26. The van der Waals surface area contributed by atoms with Crippen LogP contribution in [0.3, 0.4) is 0 Å². The van der Waals surface area contributed by atoms with Crippen molar-refractivity contribution in [3.63, 3.8) is 0 Å². The topological polar surface area (TPSA) is 57.4 Å². The molecule has 1 aromatic heterocycles. The van der Waals surface area contributed by atoms with Crippen molar-refractivity contribution in [2.75, 3.05) is 27.2 Å². The van der Waals surface area contributed by atoms with Gasteiger partial charge in [0.15, 0.2) is 0 Å². The number of aromatic amines is 1. The fourth-order valence-electron chi connectivity index (χ4n) is 2.91. The molecule has 2 N–H and O–H groups in total. The van der Waals surface area contributed by atoms with Crippen LogP contribution in [0, 0.1) is 11.8 Å². The standard InChI is InChI=1S/C16H27N3O2/c1-11(2)15-12(7-8-21-15)9-17-10-13-5-6-14(18-13)16(20)19(3)4/h5-6,11-12,15,17-18H,7-10H2,1-4H3/t12-,15-/m1/s1. The van der Waals surface area contributed by atoms with E-state index in [2.05, 4.69) is 24.1 Å². The third-order valence-corrected chi connectivity index (χ3v) is 4.03. The van der Waals surface area contributed by atoms with Crippen LogP contribution in [0.2, 0.25) is 0 Å². The highest BCUT2D eigenvalue weighted by Gasteiger charge is 2.30. The normalized spacial score (nSPS) is 22.0. The Morgan fingerprint density at radius 1 is 1.48 bits per heavy atom. The van der Waals surface area contributed by atoms with E-state index in [9.17, 15) is 4.79 Å². The number of aromatic nitrogens is 1. The molecular formula is C16H27N3O2. The molecular weight excluding hydrogens is 266 g/mol. The van der Waals surface area contributed by atoms with Gasteiger partial charge in [-0.1, -0.05) is 13.8 Å². The lowest BCUT2D eigenvalue weighted by atomic mass is 9.93. The van der Waals surface area contributed by atoms with Crippen LogP contribution in [-0.4, -0.2) is 49.1 Å². The zero-order valence-corrected chi connectivity index (χ0v) is 13.5. The quantitative estimate of drug-likeness (QED) is 0.842. The van der Waals surface area contributed by atoms with Crippen molar-refractivity contribution < 1.29 is 9.53 Å². The fourth-order valence-corrected chi connectivity index (χ4v) is 2.91. The highest BCUT2D eigenvalue weighted by atomic mass is 16.5. The minimum atomic E-state index is 0.00492. The Balaban J connectivity index is 1.80. The van der Waals surface area contributed by atoms with Crippen molar-refractivity contribution in [2.45, 2.75) is 32.9 Å². The lowest BCUT2D eigenvalue weighted by molar-refractivity contribution is 0.0539. The van der Waals surface area contributed by atoms with Gasteiger partial charge in [-0.2, -0.15) is 0 Å². The predicted molar refractivity (Wildman–Crippen MR) is 83.2 cm³/mol. The Morgan fingerprint density at radius 3 is 2.90 bits per heavy atom. The summed E-state index contributed by atoms with van der Waals surface area (Å²) < 4.78 is 5.79. The molecule has 2 rings (SSSR count). The van der Waals surface area contributed by atoms with Crippen LogP contribution in [0.25, 0.3) is 0 Å². The lowest BCUT2D eigenvalue weighted by Crippen LogP contribution is -2.31. The summed E-state index contributed by atoms with van der Waals surface area (Å²) in [4.78, 5) is 16.6. The molecule has 0 unspecified atom stereocenters. The molecule has 1 amide bonds. The van der Waals surface area contributed by atoms with Crippen molar-refractivity contribution in [3.8, 4) is 0 Å². The van der Waals surface area contributed by atoms with Crippen LogP contribution in [-0.2, 0) is 11.3 Å². The van der Waals surface area contributed by atoms with Crippen molar-refractivity contribution in [1.29, 1.82) is 0 Å². The Kier molecular flexibility index (Phi) is 5.42. The summed E-state index contributed by atoms with van der Waals surface area (Å²) in [5.41, 5.74) is 1.68. The molecule has 0 saturated carbocycles. The molecule has 1 saturated heterocycles. The van der Waals surface area contributed by atoms with E-state index in [1.165, 1.54) is 0 Å². The first kappa shape index (κ1) is 16.0. The number of ether oxygens (including phenoxy) is 1. The van der Waals surface area contributed by atoms with E-state index in [0.717, 1.165) is 31.8 Å². The Bertz CT molecular complexity index is 468. The minimum absolute atomic E-state index is 0.00492. The van der Waals surface area contributed by atoms with Crippen LogP contribution >= 0.6 is 0 Å². The third-order valence-electron chi connectivity index (χ3n) is 4.03. The van der Waals surface area contributed by atoms with Gasteiger partial charge in [-0.3, -0.25) is 4.79 Å². The number of amides is 1. The number of rotatable bonds is 6. The molecule has 0 bridgehead atoms. The molecule has 1 aliphatic heterocycles. The number of hydrogen-bond donors (Lipinski definition) is 2. The SMILES string of the molecule is CC(C)[C@H]1OCC[C@@H]1CNCc1ccc(C(=O)N(C)C)[nH]1. The summed E-state index contributed by atoms with van der Waals surface area (Å²) in [5, 5.41) is 3.47. The van der Waals surface area contributed by atoms with Gasteiger partial charge >= 0.3 is 0 Å². The van der Waals surface area contributed by atoms with Gasteiger partial charge < -0.3 is 19.9 Å². The molecule has 21 heavy (non-hydrogen) atoms. The van der Waals surface area contributed by atoms with E-state index in [0.29, 0.717) is 23.6 Å². The predicted octanol–water partition coefficient (Wildman–Crippen LogP) is 1.87. The number of nitrogens with one attached hydrogen (secondary N) is 2. The lowest BCUT2D eigenvalue weighted by Gasteiger charge is -2.22. The molecule has 5 heteroatoms. The summed E-state index contributed by atoms with van der Waals surface area (Å²) in [6.07, 6.45) is 1.50. The van der Waals surface area contributed by atoms with Crippen molar-refractivity contribution >= 4 is 5.91 Å². The van der Waals surface area contributed by atoms with Crippen LogP contribution in [0.15, 0.2) is 12.1 Å². The second kappa shape index (κ2) is 7.09. The van der Waals surface area contributed by atoms with Gasteiger partial charge in [-0.25, -0.2) is 0 Å². The maximum absolute atomic E-state index is 11.8. The monoisotopic (exact) mass is 293 g/mol. The Morgan fingerprint density at radius 2 is 2.24 bits per heavy atom. The molecule has 0 radical (unpaired) electrons. The van der Waals surface area contributed by atoms with Crippen molar-refractivity contribution in [2.24, 2.45) is 11.8 Å². The van der Waals surface area contributed by atoms with E-state index >= 15 is 0 Å². The third kappa shape index (κ3) is 4.08. The van der Waals surface area contributed by atoms with E-state index in [1.54, 1.807) is 19.0 Å². The van der Waals surface area contributed by atoms with Gasteiger partial charge in [-0.15, -0.1) is 0 Å². The summed E-state index contributed by atoms with van der Waals surface area (Å²) in [5.74, 6) is 1.15. The molecule has 2 atom stereocenters. The molecule has 2 heterocycles. The maximum atomic E-state index is 11.8. The molecule has 0 spiro atoms.